The average molecular weight is 340 g/mol. The van der Waals surface area contributed by atoms with E-state index in [0.717, 1.165) is 47.7 Å². The fraction of sp³-hybridized carbons (Fsp3) is 0.389. The van der Waals surface area contributed by atoms with Crippen molar-refractivity contribution in [2.75, 3.05) is 6.61 Å². The van der Waals surface area contributed by atoms with Crippen LogP contribution in [0.5, 0.6) is 5.75 Å². The minimum atomic E-state index is -0.248. The number of benzene rings is 1. The van der Waals surface area contributed by atoms with Crippen molar-refractivity contribution in [3.05, 3.63) is 41.2 Å². The zero-order valence-corrected chi connectivity index (χ0v) is 14.3. The van der Waals surface area contributed by atoms with Gasteiger partial charge in [-0.2, -0.15) is 0 Å². The third-order valence-electron chi connectivity index (χ3n) is 4.52. The molecule has 3 heterocycles. The summed E-state index contributed by atoms with van der Waals surface area (Å²) in [5.41, 5.74) is 1.48. The van der Waals surface area contributed by atoms with E-state index >= 15 is 0 Å². The van der Waals surface area contributed by atoms with Crippen LogP contribution in [-0.2, 0) is 19.5 Å². The lowest BCUT2D eigenvalue weighted by atomic mass is 10.1. The molecule has 1 aromatic carbocycles. The van der Waals surface area contributed by atoms with Crippen molar-refractivity contribution < 1.29 is 13.9 Å². The molecule has 0 aliphatic carbocycles. The number of hydrogen-bond acceptors (Lipinski definition) is 5. The van der Waals surface area contributed by atoms with E-state index in [-0.39, 0.29) is 5.91 Å². The molecule has 3 aromatic rings. The summed E-state index contributed by atoms with van der Waals surface area (Å²) in [6.45, 7) is 5.67. The first-order chi connectivity index (χ1) is 12.2. The lowest BCUT2D eigenvalue weighted by Crippen LogP contribution is -2.24. The van der Waals surface area contributed by atoms with E-state index in [1.54, 1.807) is 0 Å². The summed E-state index contributed by atoms with van der Waals surface area (Å²) in [7, 11) is 0. The summed E-state index contributed by atoms with van der Waals surface area (Å²) < 4.78 is 13.3. The lowest BCUT2D eigenvalue weighted by molar-refractivity contribution is 0.0923. The molecule has 0 spiro atoms. The van der Waals surface area contributed by atoms with Gasteiger partial charge in [0.05, 0.1) is 13.2 Å². The van der Waals surface area contributed by atoms with Gasteiger partial charge < -0.3 is 19.0 Å². The van der Waals surface area contributed by atoms with E-state index in [2.05, 4.69) is 20.1 Å². The third kappa shape index (κ3) is 2.75. The summed E-state index contributed by atoms with van der Waals surface area (Å²) in [5.74, 6) is 2.62. The number of carbonyl (C=O) groups is 1. The smallest absolute Gasteiger partial charge is 0.287 e. The molecule has 0 bridgehead atoms. The normalized spacial score (nSPS) is 13.2. The second kappa shape index (κ2) is 6.23. The Morgan fingerprint density at radius 1 is 1.40 bits per heavy atom. The molecule has 0 radical (unpaired) electrons. The molecule has 2 aromatic heterocycles. The lowest BCUT2D eigenvalue weighted by Gasteiger charge is -2.04. The van der Waals surface area contributed by atoms with E-state index in [4.69, 9.17) is 9.15 Å². The van der Waals surface area contributed by atoms with Crippen LogP contribution in [0.3, 0.4) is 0 Å². The van der Waals surface area contributed by atoms with Crippen LogP contribution in [0.2, 0.25) is 0 Å². The SMILES string of the molecule is CCOc1ccc2oc(C(=O)NCc3nnc4n3CCC4)c(C)c2c1. The predicted molar refractivity (Wildman–Crippen MR) is 91.6 cm³/mol. The first-order valence-electron chi connectivity index (χ1n) is 8.52. The van der Waals surface area contributed by atoms with E-state index in [0.29, 0.717) is 24.5 Å². The standard InChI is InChI=1S/C18H20N4O3/c1-3-24-12-6-7-14-13(9-12)11(2)17(25-14)18(23)19-10-16-21-20-15-5-4-8-22(15)16/h6-7,9H,3-5,8,10H2,1-2H3,(H,19,23). The molecule has 1 amide bonds. The number of rotatable bonds is 5. The number of amides is 1. The number of fused-ring (bicyclic) bond motifs is 2. The van der Waals surface area contributed by atoms with E-state index in [1.165, 1.54) is 0 Å². The Morgan fingerprint density at radius 3 is 3.12 bits per heavy atom. The molecule has 7 nitrogen and oxygen atoms in total. The van der Waals surface area contributed by atoms with E-state index in [9.17, 15) is 4.79 Å². The zero-order valence-electron chi connectivity index (χ0n) is 14.3. The maximum absolute atomic E-state index is 12.5. The largest absolute Gasteiger partial charge is 0.494 e. The van der Waals surface area contributed by atoms with Crippen LogP contribution in [0.4, 0.5) is 0 Å². The predicted octanol–water partition coefficient (Wildman–Crippen LogP) is 2.61. The zero-order chi connectivity index (χ0) is 17.4. The van der Waals surface area contributed by atoms with Crippen LogP contribution in [0.1, 0.15) is 41.1 Å². The van der Waals surface area contributed by atoms with Gasteiger partial charge in [0.15, 0.2) is 11.6 Å². The summed E-state index contributed by atoms with van der Waals surface area (Å²) in [6.07, 6.45) is 2.03. The second-order valence-corrected chi connectivity index (χ2v) is 6.12. The summed E-state index contributed by atoms with van der Waals surface area (Å²) in [5, 5.41) is 12.1. The van der Waals surface area contributed by atoms with Gasteiger partial charge in [0.2, 0.25) is 0 Å². The molecule has 4 rings (SSSR count). The Morgan fingerprint density at radius 2 is 2.28 bits per heavy atom. The quantitative estimate of drug-likeness (QED) is 0.772. The molecule has 130 valence electrons. The van der Waals surface area contributed by atoms with Crippen molar-refractivity contribution in [3.8, 4) is 5.75 Å². The van der Waals surface area contributed by atoms with Gasteiger partial charge in [-0.3, -0.25) is 4.79 Å². The van der Waals surface area contributed by atoms with Crippen LogP contribution >= 0.6 is 0 Å². The van der Waals surface area contributed by atoms with Crippen LogP contribution in [0.25, 0.3) is 11.0 Å². The average Bonchev–Trinajstić information content (AvgIpc) is 3.29. The summed E-state index contributed by atoms with van der Waals surface area (Å²) in [4.78, 5) is 12.5. The van der Waals surface area contributed by atoms with Gasteiger partial charge in [0.25, 0.3) is 5.91 Å². The second-order valence-electron chi connectivity index (χ2n) is 6.12. The van der Waals surface area contributed by atoms with Gasteiger partial charge in [-0.15, -0.1) is 10.2 Å². The number of ether oxygens (including phenoxy) is 1. The number of nitrogens with one attached hydrogen (secondary N) is 1. The monoisotopic (exact) mass is 340 g/mol. The highest BCUT2D eigenvalue weighted by Crippen LogP contribution is 2.29. The Kier molecular flexibility index (Phi) is 3.91. The molecule has 0 saturated carbocycles. The Labute approximate surface area is 145 Å². The van der Waals surface area contributed by atoms with E-state index in [1.807, 2.05) is 32.0 Å². The molecular weight excluding hydrogens is 320 g/mol. The molecule has 0 saturated heterocycles. The summed E-state index contributed by atoms with van der Waals surface area (Å²) >= 11 is 0. The van der Waals surface area contributed by atoms with Crippen LogP contribution in [0.15, 0.2) is 22.6 Å². The highest BCUT2D eigenvalue weighted by molar-refractivity contribution is 5.99. The molecule has 1 aliphatic heterocycles. The fourth-order valence-corrected chi connectivity index (χ4v) is 3.25. The topological polar surface area (TPSA) is 82.2 Å². The number of aromatic nitrogens is 3. The molecule has 25 heavy (non-hydrogen) atoms. The van der Waals surface area contributed by atoms with Crippen LogP contribution in [0, 0.1) is 6.92 Å². The van der Waals surface area contributed by atoms with Gasteiger partial charge >= 0.3 is 0 Å². The Balaban J connectivity index is 1.54. The molecule has 1 N–H and O–H groups in total. The van der Waals surface area contributed by atoms with Crippen molar-refractivity contribution >= 4 is 16.9 Å². The first kappa shape index (κ1) is 15.7. The van der Waals surface area contributed by atoms with Crippen molar-refractivity contribution in [1.82, 2.24) is 20.1 Å². The molecule has 7 heteroatoms. The van der Waals surface area contributed by atoms with E-state index < -0.39 is 0 Å². The van der Waals surface area contributed by atoms with Gasteiger partial charge in [-0.05, 0) is 38.5 Å². The summed E-state index contributed by atoms with van der Waals surface area (Å²) in [6, 6.07) is 5.57. The van der Waals surface area contributed by atoms with Crippen molar-refractivity contribution in [1.29, 1.82) is 0 Å². The van der Waals surface area contributed by atoms with Crippen LogP contribution in [-0.4, -0.2) is 27.3 Å². The molecule has 0 fully saturated rings. The highest BCUT2D eigenvalue weighted by Gasteiger charge is 2.21. The Bertz CT molecular complexity index is 941. The van der Waals surface area contributed by atoms with Gasteiger partial charge in [-0.25, -0.2) is 0 Å². The maximum atomic E-state index is 12.5. The number of carbonyl (C=O) groups excluding carboxylic acids is 1. The van der Waals surface area contributed by atoms with Gasteiger partial charge in [0.1, 0.15) is 17.2 Å². The number of aryl methyl sites for hydroxylation is 2. The van der Waals surface area contributed by atoms with Gasteiger partial charge in [-0.1, -0.05) is 0 Å². The molecule has 0 atom stereocenters. The van der Waals surface area contributed by atoms with Gasteiger partial charge in [0, 0.05) is 23.9 Å². The highest BCUT2D eigenvalue weighted by atomic mass is 16.5. The van der Waals surface area contributed by atoms with Crippen LogP contribution < -0.4 is 10.1 Å². The molecule has 1 aliphatic rings. The molecule has 0 unspecified atom stereocenters. The first-order valence-corrected chi connectivity index (χ1v) is 8.52. The molecular formula is C18H20N4O3. The van der Waals surface area contributed by atoms with Crippen molar-refractivity contribution in [3.63, 3.8) is 0 Å². The third-order valence-corrected chi connectivity index (χ3v) is 4.52. The number of nitrogens with zero attached hydrogens (tertiary/aromatic N) is 3. The Hall–Kier alpha value is -2.83. The number of hydrogen-bond donors (Lipinski definition) is 1. The maximum Gasteiger partial charge on any atom is 0.287 e. The minimum absolute atomic E-state index is 0.248. The van der Waals surface area contributed by atoms with Crippen molar-refractivity contribution in [2.24, 2.45) is 0 Å². The minimum Gasteiger partial charge on any atom is -0.494 e. The fourth-order valence-electron chi connectivity index (χ4n) is 3.25. The van der Waals surface area contributed by atoms with Crippen molar-refractivity contribution in [2.45, 2.75) is 39.8 Å². The number of furan rings is 1.